The molecule has 0 aliphatic carbocycles. The van der Waals surface area contributed by atoms with E-state index in [2.05, 4.69) is 27.7 Å². The first-order valence-corrected chi connectivity index (χ1v) is 5.04. The van der Waals surface area contributed by atoms with Crippen LogP contribution < -0.4 is 0 Å². The molecule has 0 heterocycles. The Morgan fingerprint density at radius 2 is 1.82 bits per heavy atom. The van der Waals surface area contributed by atoms with Gasteiger partial charge in [0.15, 0.2) is 0 Å². The largest absolute Gasteiger partial charge is 0.0654 e. The molecule has 0 bridgehead atoms. The number of hydrogen-bond acceptors (Lipinski definition) is 0. The fourth-order valence-corrected chi connectivity index (χ4v) is 1.30. The lowest BCUT2D eigenvalue weighted by molar-refractivity contribution is 0.493. The molecule has 0 aliphatic heterocycles. The van der Waals surface area contributed by atoms with Gasteiger partial charge < -0.3 is 0 Å². The average Bonchev–Trinajstić information content (AvgIpc) is 2.03. The number of unbranched alkanes of at least 4 members (excludes halogenated alkanes) is 2. The summed E-state index contributed by atoms with van der Waals surface area (Å²) in [6, 6.07) is 0. The predicted octanol–water partition coefficient (Wildman–Crippen LogP) is 4.21. The number of rotatable bonds is 6. The highest BCUT2D eigenvalue weighted by atomic mass is 14.1. The van der Waals surface area contributed by atoms with Crippen molar-refractivity contribution in [3.63, 3.8) is 0 Å². The van der Waals surface area contributed by atoms with Crippen LogP contribution in [-0.2, 0) is 0 Å². The van der Waals surface area contributed by atoms with Gasteiger partial charge in [0.05, 0.1) is 0 Å². The number of hydrogen-bond donors (Lipinski definition) is 0. The molecular formula is C11H23. The maximum atomic E-state index is 2.36. The smallest absolute Gasteiger partial charge is 0.0246 e. The zero-order valence-corrected chi connectivity index (χ0v) is 8.61. The summed E-state index contributed by atoms with van der Waals surface area (Å²) in [6.07, 6.45) is 6.81. The Kier molecular flexibility index (Phi) is 6.69. The summed E-state index contributed by atoms with van der Waals surface area (Å²) in [4.78, 5) is 0. The van der Waals surface area contributed by atoms with Crippen LogP contribution in [0.1, 0.15) is 59.8 Å². The molecule has 1 radical (unpaired) electrons. The van der Waals surface area contributed by atoms with Crippen LogP contribution in [0.3, 0.4) is 0 Å². The molecule has 11 heavy (non-hydrogen) atoms. The Morgan fingerprint density at radius 1 is 1.18 bits per heavy atom. The molecule has 0 saturated carbocycles. The highest BCUT2D eigenvalue weighted by Gasteiger charge is 2.09. The Balaban J connectivity index is 3.28. The molecule has 0 saturated heterocycles. The van der Waals surface area contributed by atoms with Crippen molar-refractivity contribution < 1.29 is 0 Å². The summed E-state index contributed by atoms with van der Waals surface area (Å²) in [5.41, 5.74) is 0. The molecule has 0 rings (SSSR count). The van der Waals surface area contributed by atoms with Gasteiger partial charge in [-0.25, -0.2) is 0 Å². The standard InChI is InChI=1S/C11H23/c1-5-7-8-9-11(4)10(3)6-2/h11H,5-9H2,1-4H3. The monoisotopic (exact) mass is 155 g/mol. The van der Waals surface area contributed by atoms with Crippen molar-refractivity contribution in [2.75, 3.05) is 0 Å². The Hall–Kier alpha value is 0. The van der Waals surface area contributed by atoms with Gasteiger partial charge in [-0.1, -0.05) is 53.4 Å². The van der Waals surface area contributed by atoms with Crippen LogP contribution in [-0.4, -0.2) is 0 Å². The third-order valence-corrected chi connectivity index (χ3v) is 2.64. The quantitative estimate of drug-likeness (QED) is 0.504. The van der Waals surface area contributed by atoms with Crippen LogP contribution in [0.5, 0.6) is 0 Å². The van der Waals surface area contributed by atoms with E-state index in [0.29, 0.717) is 0 Å². The predicted molar refractivity (Wildman–Crippen MR) is 52.5 cm³/mol. The summed E-state index contributed by atoms with van der Waals surface area (Å²) in [5, 5.41) is 0. The van der Waals surface area contributed by atoms with Crippen molar-refractivity contribution in [1.29, 1.82) is 0 Å². The fourth-order valence-electron chi connectivity index (χ4n) is 1.30. The van der Waals surface area contributed by atoms with Crippen LogP contribution in [0.25, 0.3) is 0 Å². The van der Waals surface area contributed by atoms with Crippen LogP contribution in [0.15, 0.2) is 0 Å². The highest BCUT2D eigenvalue weighted by molar-refractivity contribution is 4.87. The highest BCUT2D eigenvalue weighted by Crippen LogP contribution is 2.22. The third-order valence-electron chi connectivity index (χ3n) is 2.64. The van der Waals surface area contributed by atoms with E-state index in [1.54, 1.807) is 5.92 Å². The summed E-state index contributed by atoms with van der Waals surface area (Å²) in [7, 11) is 0. The molecular weight excluding hydrogens is 132 g/mol. The summed E-state index contributed by atoms with van der Waals surface area (Å²) >= 11 is 0. The third kappa shape index (κ3) is 5.29. The molecule has 0 nitrogen and oxygen atoms in total. The minimum Gasteiger partial charge on any atom is -0.0654 e. The topological polar surface area (TPSA) is 0 Å². The normalized spacial score (nSPS) is 13.9. The van der Waals surface area contributed by atoms with Crippen molar-refractivity contribution in [3.8, 4) is 0 Å². The van der Waals surface area contributed by atoms with Crippen LogP contribution >= 0.6 is 0 Å². The molecule has 0 aromatic carbocycles. The molecule has 67 valence electrons. The maximum Gasteiger partial charge on any atom is -0.0246 e. The van der Waals surface area contributed by atoms with E-state index < -0.39 is 0 Å². The lowest BCUT2D eigenvalue weighted by Gasteiger charge is -2.16. The molecule has 0 spiro atoms. The van der Waals surface area contributed by atoms with E-state index in [9.17, 15) is 0 Å². The first-order chi connectivity index (χ1) is 5.22. The summed E-state index contributed by atoms with van der Waals surface area (Å²) < 4.78 is 0. The zero-order valence-electron chi connectivity index (χ0n) is 8.61. The summed E-state index contributed by atoms with van der Waals surface area (Å²) in [5.74, 6) is 2.52. The minimum absolute atomic E-state index is 0.853. The molecule has 0 amide bonds. The van der Waals surface area contributed by atoms with E-state index in [0.717, 1.165) is 5.92 Å². The van der Waals surface area contributed by atoms with E-state index in [4.69, 9.17) is 0 Å². The first kappa shape index (κ1) is 11.0. The molecule has 0 aromatic rings. The Bertz CT molecular complexity index is 76.1. The average molecular weight is 155 g/mol. The van der Waals surface area contributed by atoms with E-state index >= 15 is 0 Å². The van der Waals surface area contributed by atoms with Gasteiger partial charge in [0.2, 0.25) is 0 Å². The lowest BCUT2D eigenvalue weighted by atomic mass is 9.89. The fraction of sp³-hybridized carbons (Fsp3) is 0.909. The van der Waals surface area contributed by atoms with Crippen LogP contribution in [0, 0.1) is 11.8 Å². The van der Waals surface area contributed by atoms with Crippen molar-refractivity contribution in [2.45, 2.75) is 59.8 Å². The maximum absolute atomic E-state index is 2.36. The van der Waals surface area contributed by atoms with Gasteiger partial charge in [0, 0.05) is 0 Å². The van der Waals surface area contributed by atoms with Crippen molar-refractivity contribution >= 4 is 0 Å². The van der Waals surface area contributed by atoms with Gasteiger partial charge in [-0.15, -0.1) is 0 Å². The van der Waals surface area contributed by atoms with Crippen molar-refractivity contribution in [2.24, 2.45) is 5.92 Å². The first-order valence-electron chi connectivity index (χ1n) is 5.04. The van der Waals surface area contributed by atoms with E-state index in [1.807, 2.05) is 0 Å². The second kappa shape index (κ2) is 6.69. The summed E-state index contributed by atoms with van der Waals surface area (Å²) in [6.45, 7) is 9.16. The molecule has 0 aromatic heterocycles. The van der Waals surface area contributed by atoms with E-state index in [1.165, 1.54) is 32.1 Å². The SMILES string of the molecule is CCCCCC(C)[C](C)CC. The molecule has 0 heteroatoms. The Morgan fingerprint density at radius 3 is 2.27 bits per heavy atom. The second-order valence-corrected chi connectivity index (χ2v) is 3.60. The molecule has 0 fully saturated rings. The molecule has 1 unspecified atom stereocenters. The van der Waals surface area contributed by atoms with E-state index in [-0.39, 0.29) is 0 Å². The molecule has 0 aliphatic rings. The van der Waals surface area contributed by atoms with Gasteiger partial charge in [-0.2, -0.15) is 0 Å². The molecule has 0 N–H and O–H groups in total. The van der Waals surface area contributed by atoms with Gasteiger partial charge in [0.1, 0.15) is 0 Å². The van der Waals surface area contributed by atoms with Gasteiger partial charge in [-0.3, -0.25) is 0 Å². The van der Waals surface area contributed by atoms with Crippen molar-refractivity contribution in [1.82, 2.24) is 0 Å². The van der Waals surface area contributed by atoms with Gasteiger partial charge >= 0.3 is 0 Å². The van der Waals surface area contributed by atoms with Crippen LogP contribution in [0.2, 0.25) is 0 Å². The van der Waals surface area contributed by atoms with Gasteiger partial charge in [-0.05, 0) is 18.3 Å². The molecule has 1 atom stereocenters. The second-order valence-electron chi connectivity index (χ2n) is 3.60. The van der Waals surface area contributed by atoms with Gasteiger partial charge in [0.25, 0.3) is 0 Å². The zero-order chi connectivity index (χ0) is 8.69. The van der Waals surface area contributed by atoms with Crippen LogP contribution in [0.4, 0.5) is 0 Å². The Labute approximate surface area is 72.4 Å². The lowest BCUT2D eigenvalue weighted by Crippen LogP contribution is -2.04. The van der Waals surface area contributed by atoms with Crippen molar-refractivity contribution in [3.05, 3.63) is 5.92 Å². The minimum atomic E-state index is 0.853.